The number of imidazole rings is 2. The highest BCUT2D eigenvalue weighted by atomic mass is 32.1. The minimum Gasteiger partial charge on any atom is -0.453 e. The number of benzene rings is 3. The van der Waals surface area contributed by atoms with Gasteiger partial charge in [0.15, 0.2) is 0 Å². The lowest BCUT2D eigenvalue weighted by atomic mass is 9.95. The largest absolute Gasteiger partial charge is 0.453 e. The van der Waals surface area contributed by atoms with Gasteiger partial charge in [-0.25, -0.2) is 19.6 Å². The molecule has 6 aromatic rings. The van der Waals surface area contributed by atoms with Crippen LogP contribution >= 0.6 is 11.3 Å². The molecule has 3 aliphatic rings. The number of piperidine rings is 1. The van der Waals surface area contributed by atoms with Crippen molar-refractivity contribution in [2.75, 3.05) is 20.8 Å². The number of nitrogens with one attached hydrogen (secondary N) is 4. The van der Waals surface area contributed by atoms with Crippen LogP contribution in [0.4, 0.5) is 9.59 Å². The summed E-state index contributed by atoms with van der Waals surface area (Å²) in [6, 6.07) is 17.7. The number of hydrogen-bond donors (Lipinski definition) is 4. The van der Waals surface area contributed by atoms with Crippen LogP contribution in [0.25, 0.3) is 53.6 Å². The predicted molar refractivity (Wildman–Crippen MR) is 241 cm³/mol. The van der Waals surface area contributed by atoms with Gasteiger partial charge < -0.3 is 39.9 Å². The Kier molecular flexibility index (Phi) is 11.8. The molecule has 2 bridgehead atoms. The topological polar surface area (TPSA) is 175 Å². The van der Waals surface area contributed by atoms with Crippen molar-refractivity contribution in [3.8, 4) is 22.4 Å². The first-order chi connectivity index (χ1) is 29.4. The number of carbonyl (C=O) groups is 4. The zero-order valence-corrected chi connectivity index (χ0v) is 36.1. The Morgan fingerprint density at radius 2 is 1.40 bits per heavy atom. The first-order valence-corrected chi connectivity index (χ1v) is 22.1. The summed E-state index contributed by atoms with van der Waals surface area (Å²) in [5, 5.41) is 7.86. The quantitative estimate of drug-likeness (QED) is 0.106. The second kappa shape index (κ2) is 17.1. The van der Waals surface area contributed by atoms with Crippen LogP contribution in [0, 0.1) is 17.8 Å². The maximum Gasteiger partial charge on any atom is 0.407 e. The van der Waals surface area contributed by atoms with Gasteiger partial charge in [0.1, 0.15) is 23.7 Å². The van der Waals surface area contributed by atoms with E-state index in [0.717, 1.165) is 81.9 Å². The molecule has 3 aromatic heterocycles. The fraction of sp³-hybridized carbons (Fsp3) is 0.447. The van der Waals surface area contributed by atoms with Crippen LogP contribution in [-0.4, -0.2) is 92.6 Å². The molecule has 0 unspecified atom stereocenters. The molecule has 2 aliphatic heterocycles. The second-order valence-electron chi connectivity index (χ2n) is 17.4. The summed E-state index contributed by atoms with van der Waals surface area (Å²) in [6.45, 7) is 8.28. The van der Waals surface area contributed by atoms with Crippen LogP contribution in [-0.2, 0) is 19.1 Å². The molecule has 4 N–H and O–H groups in total. The van der Waals surface area contributed by atoms with Crippen molar-refractivity contribution in [1.82, 2.24) is 40.4 Å². The average Bonchev–Trinajstić information content (AvgIpc) is 4.12. The van der Waals surface area contributed by atoms with E-state index in [2.05, 4.69) is 69.1 Å². The third-order valence-corrected chi connectivity index (χ3v) is 14.1. The number of aromatic amines is 2. The molecular formula is C47H56N8O6S. The lowest BCUT2D eigenvalue weighted by Gasteiger charge is -2.37. The van der Waals surface area contributed by atoms with Gasteiger partial charge in [-0.1, -0.05) is 65.5 Å². The normalized spacial score (nSPS) is 20.6. The van der Waals surface area contributed by atoms with Crippen molar-refractivity contribution in [2.45, 2.75) is 97.4 Å². The summed E-state index contributed by atoms with van der Waals surface area (Å²) < 4.78 is 12.0. The Balaban J connectivity index is 0.00000529. The molecule has 3 fully saturated rings. The summed E-state index contributed by atoms with van der Waals surface area (Å²) in [7, 11) is 2.61. The number of aromatic nitrogens is 4. The molecule has 1 aliphatic carbocycles. The van der Waals surface area contributed by atoms with E-state index in [9.17, 15) is 19.2 Å². The highest BCUT2D eigenvalue weighted by Gasteiger charge is 2.51. The van der Waals surface area contributed by atoms with Gasteiger partial charge in [-0.3, -0.25) is 9.59 Å². The summed E-state index contributed by atoms with van der Waals surface area (Å²) in [5.74, 6) is 1.39. The van der Waals surface area contributed by atoms with Gasteiger partial charge in [0.25, 0.3) is 0 Å². The Bertz CT molecular complexity index is 2670. The van der Waals surface area contributed by atoms with E-state index in [0.29, 0.717) is 12.5 Å². The Labute approximate surface area is 365 Å². The minimum atomic E-state index is -0.691. The van der Waals surface area contributed by atoms with Crippen molar-refractivity contribution >= 4 is 66.5 Å². The van der Waals surface area contributed by atoms with Crippen molar-refractivity contribution in [1.29, 1.82) is 0 Å². The molecular weight excluding hydrogens is 805 g/mol. The van der Waals surface area contributed by atoms with Crippen LogP contribution in [0.15, 0.2) is 60.8 Å². The SMILES string of the molecule is C.COC(=O)N[C@H](C(=O)N1CCC[C@H]1c1ncc(-c2ccc3c(c2)sc2cc(-c4ccc5nc([C@@H]6[C@H]7CC[C@H](C7)N6C(=O)[C@@H](NC(=O)OC)C(C)C)[nH]c5c4)ccc23)[nH]1)C(C)C. The van der Waals surface area contributed by atoms with Gasteiger partial charge in [-0.05, 0) is 85.3 Å². The number of ether oxygens (including phenoxy) is 2. The number of nitrogens with zero attached hydrogens (tertiary/aromatic N) is 4. The van der Waals surface area contributed by atoms with Crippen LogP contribution in [0.3, 0.4) is 0 Å². The number of H-pyrrole nitrogens is 2. The first-order valence-electron chi connectivity index (χ1n) is 21.3. The fourth-order valence-electron chi connectivity index (χ4n) is 9.84. The second-order valence-corrected chi connectivity index (χ2v) is 18.5. The molecule has 0 radical (unpaired) electrons. The summed E-state index contributed by atoms with van der Waals surface area (Å²) >= 11 is 1.75. The number of methoxy groups -OCH3 is 2. The highest BCUT2D eigenvalue weighted by Crippen LogP contribution is 2.50. The van der Waals surface area contributed by atoms with Crippen molar-refractivity contribution in [2.24, 2.45) is 17.8 Å². The lowest BCUT2D eigenvalue weighted by molar-refractivity contribution is -0.139. The third-order valence-electron chi connectivity index (χ3n) is 13.0. The molecule has 14 nitrogen and oxygen atoms in total. The maximum atomic E-state index is 14.1. The van der Waals surface area contributed by atoms with Crippen LogP contribution in [0.2, 0.25) is 0 Å². The number of thiophene rings is 1. The van der Waals surface area contributed by atoms with Crippen LogP contribution in [0.5, 0.6) is 0 Å². The van der Waals surface area contributed by atoms with Crippen LogP contribution in [0.1, 0.15) is 91.0 Å². The highest BCUT2D eigenvalue weighted by molar-refractivity contribution is 7.25. The molecule has 9 rings (SSSR count). The van der Waals surface area contributed by atoms with Crippen molar-refractivity contribution < 1.29 is 28.7 Å². The molecule has 6 atom stereocenters. The van der Waals surface area contributed by atoms with E-state index in [1.54, 1.807) is 11.3 Å². The van der Waals surface area contributed by atoms with Crippen molar-refractivity contribution in [3.63, 3.8) is 0 Å². The number of rotatable bonds is 10. The molecule has 326 valence electrons. The monoisotopic (exact) mass is 860 g/mol. The molecule has 0 spiro atoms. The smallest absolute Gasteiger partial charge is 0.407 e. The lowest BCUT2D eigenvalue weighted by Crippen LogP contribution is -2.54. The molecule has 3 aromatic carbocycles. The van der Waals surface area contributed by atoms with Gasteiger partial charge in [0, 0.05) is 38.3 Å². The Hall–Kier alpha value is -5.96. The zero-order chi connectivity index (χ0) is 42.7. The van der Waals surface area contributed by atoms with E-state index in [4.69, 9.17) is 19.4 Å². The van der Waals surface area contributed by atoms with Gasteiger partial charge in [0.05, 0.1) is 49.2 Å². The number of fused-ring (bicyclic) bond motifs is 6. The van der Waals surface area contributed by atoms with E-state index in [1.165, 1.54) is 29.7 Å². The summed E-state index contributed by atoms with van der Waals surface area (Å²) in [4.78, 5) is 72.6. The Morgan fingerprint density at radius 1 is 0.774 bits per heavy atom. The number of alkyl carbamates (subject to hydrolysis) is 2. The van der Waals surface area contributed by atoms with Crippen LogP contribution < -0.4 is 10.6 Å². The Morgan fingerprint density at radius 3 is 2.08 bits per heavy atom. The predicted octanol–water partition coefficient (Wildman–Crippen LogP) is 9.10. The number of likely N-dealkylation sites (tertiary alicyclic amines) is 2. The van der Waals surface area contributed by atoms with E-state index in [-0.39, 0.29) is 49.2 Å². The van der Waals surface area contributed by atoms with Gasteiger partial charge in [-0.2, -0.15) is 0 Å². The molecule has 4 amide bonds. The standard InChI is InChI=1S/C46H52N8O6S.CH4/c1-23(2)38(51-45(57)59-5)43(55)53-17-7-8-35(53)41-47-22-34(50-41)27-11-15-31-30-14-10-26(20-36(30)61-37(31)21-27)25-12-16-32-33(19-25)49-42(48-32)40-28-9-13-29(18-28)54(40)44(56)39(24(3)4)52-46(58)60-6;/h10-12,14-16,19-24,28-29,35,38-40H,7-9,13,17-18H2,1-6H3,(H,47,50)(H,48,49)(H,51,57)(H,52,58);1H4/t28-,29+,35-,38-,39-,40-;/m0./s1. The third kappa shape index (κ3) is 7.64. The molecule has 2 saturated heterocycles. The molecule has 62 heavy (non-hydrogen) atoms. The maximum absolute atomic E-state index is 14.1. The number of hydrogen-bond acceptors (Lipinski definition) is 9. The van der Waals surface area contributed by atoms with E-state index < -0.39 is 24.3 Å². The number of carbonyl (C=O) groups excluding carboxylic acids is 4. The molecule has 1 saturated carbocycles. The van der Waals surface area contributed by atoms with Crippen molar-refractivity contribution in [3.05, 3.63) is 72.4 Å². The summed E-state index contributed by atoms with van der Waals surface area (Å²) in [5.41, 5.74) is 5.82. The van der Waals surface area contributed by atoms with E-state index >= 15 is 0 Å². The number of amides is 4. The first kappa shape index (κ1) is 42.7. The van der Waals surface area contributed by atoms with Gasteiger partial charge >= 0.3 is 12.2 Å². The van der Waals surface area contributed by atoms with Gasteiger partial charge in [-0.15, -0.1) is 11.3 Å². The summed E-state index contributed by atoms with van der Waals surface area (Å²) in [6.07, 6.45) is 5.16. The van der Waals surface area contributed by atoms with Gasteiger partial charge in [0.2, 0.25) is 11.8 Å². The van der Waals surface area contributed by atoms with E-state index in [1.807, 2.05) is 49.8 Å². The molecule has 5 heterocycles. The fourth-order valence-corrected chi connectivity index (χ4v) is 11.0. The molecule has 15 heteroatoms. The zero-order valence-electron chi connectivity index (χ0n) is 35.3. The minimum absolute atomic E-state index is 0. The average molecular weight is 861 g/mol.